The minimum atomic E-state index is -4.32. The van der Waals surface area contributed by atoms with Gasteiger partial charge < -0.3 is 4.42 Å². The van der Waals surface area contributed by atoms with E-state index in [1.807, 2.05) is 0 Å². The van der Waals surface area contributed by atoms with E-state index in [2.05, 4.69) is 5.10 Å². The quantitative estimate of drug-likeness (QED) is 0.406. The number of carbonyl (C=O) groups is 1. The summed E-state index contributed by atoms with van der Waals surface area (Å²) in [7, 11) is -4.32. The summed E-state index contributed by atoms with van der Waals surface area (Å²) in [5.74, 6) is 0.607. The zero-order valence-corrected chi connectivity index (χ0v) is 18.2. The number of amides is 1. The maximum atomic E-state index is 12.9. The molecule has 0 saturated heterocycles. The van der Waals surface area contributed by atoms with Gasteiger partial charge in [0.1, 0.15) is 11.5 Å². The second kappa shape index (κ2) is 7.97. The molecule has 1 amide bonds. The van der Waals surface area contributed by atoms with Gasteiger partial charge in [0.25, 0.3) is 16.0 Å². The van der Waals surface area contributed by atoms with Crippen molar-refractivity contribution in [2.45, 2.75) is 11.8 Å². The van der Waals surface area contributed by atoms with Gasteiger partial charge in [-0.1, -0.05) is 23.2 Å². The van der Waals surface area contributed by atoms with Crippen molar-refractivity contribution in [3.05, 3.63) is 76.0 Å². The fourth-order valence-corrected chi connectivity index (χ4v) is 3.77. The molecule has 0 radical (unpaired) electrons. The largest absolute Gasteiger partial charge is 0.457 e. The van der Waals surface area contributed by atoms with Gasteiger partial charge in [0, 0.05) is 5.56 Å². The molecule has 1 aliphatic rings. The number of rotatable bonds is 4. The van der Waals surface area contributed by atoms with Crippen LogP contribution >= 0.6 is 23.2 Å². The zero-order chi connectivity index (χ0) is 22.3. The number of furan rings is 1. The molecule has 0 aliphatic carbocycles. The third kappa shape index (κ3) is 4.28. The molecule has 10 heteroatoms. The van der Waals surface area contributed by atoms with Crippen molar-refractivity contribution in [2.75, 3.05) is 5.01 Å². The summed E-state index contributed by atoms with van der Waals surface area (Å²) in [4.78, 5) is 12.6. The molecule has 4 rings (SSSR count). The summed E-state index contributed by atoms with van der Waals surface area (Å²) in [5.41, 5.74) is 1.89. The van der Waals surface area contributed by atoms with Crippen molar-refractivity contribution in [3.8, 4) is 11.3 Å². The number of anilines is 1. The fourth-order valence-electron chi connectivity index (χ4n) is 3.00. The van der Waals surface area contributed by atoms with E-state index in [0.29, 0.717) is 38.5 Å². The number of hydrogen-bond acceptors (Lipinski definition) is 5. The highest BCUT2D eigenvalue weighted by molar-refractivity contribution is 7.85. The van der Waals surface area contributed by atoms with Gasteiger partial charge in [-0.3, -0.25) is 9.35 Å². The second-order valence-electron chi connectivity index (χ2n) is 6.66. The van der Waals surface area contributed by atoms with Crippen LogP contribution in [-0.2, 0) is 14.9 Å². The standard InChI is InChI=1S/C21H14Cl2N2O5S/c1-12-17(11-15-5-9-20(30-15)13-2-8-18(22)19(23)10-13)21(26)25(24-12)14-3-6-16(7-4-14)31(27,28)29/h2-11H,1H3,(H,27,28,29)/b17-11+. The minimum absolute atomic E-state index is 0.273. The topological polar surface area (TPSA) is 100 Å². The van der Waals surface area contributed by atoms with Gasteiger partial charge in [0.15, 0.2) is 0 Å². The van der Waals surface area contributed by atoms with Gasteiger partial charge in [-0.05, 0) is 67.6 Å². The number of halogens is 2. The lowest BCUT2D eigenvalue weighted by Crippen LogP contribution is -2.21. The molecule has 0 spiro atoms. The van der Waals surface area contributed by atoms with Crippen LogP contribution in [0, 0.1) is 0 Å². The van der Waals surface area contributed by atoms with Crippen molar-refractivity contribution < 1.29 is 22.2 Å². The molecule has 31 heavy (non-hydrogen) atoms. The van der Waals surface area contributed by atoms with E-state index in [-0.39, 0.29) is 4.90 Å². The lowest BCUT2D eigenvalue weighted by Gasteiger charge is -2.11. The molecule has 2 aromatic carbocycles. The Morgan fingerprint density at radius 1 is 1.03 bits per heavy atom. The molecule has 1 aromatic heterocycles. The predicted molar refractivity (Wildman–Crippen MR) is 119 cm³/mol. The summed E-state index contributed by atoms with van der Waals surface area (Å²) >= 11 is 12.0. The van der Waals surface area contributed by atoms with Crippen LogP contribution < -0.4 is 5.01 Å². The Balaban J connectivity index is 1.60. The third-order valence-electron chi connectivity index (χ3n) is 4.56. The summed E-state index contributed by atoms with van der Waals surface area (Å²) < 4.78 is 37.3. The Hall–Kier alpha value is -2.91. The Labute approximate surface area is 187 Å². The zero-order valence-electron chi connectivity index (χ0n) is 15.9. The molecule has 1 aliphatic heterocycles. The molecule has 0 atom stereocenters. The van der Waals surface area contributed by atoms with Crippen LogP contribution in [-0.4, -0.2) is 24.6 Å². The van der Waals surface area contributed by atoms with Gasteiger partial charge in [-0.2, -0.15) is 18.5 Å². The summed E-state index contributed by atoms with van der Waals surface area (Å²) in [6.07, 6.45) is 1.58. The molecule has 158 valence electrons. The lowest BCUT2D eigenvalue weighted by atomic mass is 10.1. The maximum absolute atomic E-state index is 12.9. The van der Waals surface area contributed by atoms with Crippen LogP contribution in [0.3, 0.4) is 0 Å². The van der Waals surface area contributed by atoms with Gasteiger partial charge in [0.2, 0.25) is 0 Å². The van der Waals surface area contributed by atoms with Gasteiger partial charge in [-0.25, -0.2) is 0 Å². The van der Waals surface area contributed by atoms with E-state index in [1.165, 1.54) is 24.3 Å². The normalized spacial score (nSPS) is 15.6. The molecule has 0 bridgehead atoms. The number of benzene rings is 2. The smallest absolute Gasteiger partial charge is 0.294 e. The van der Waals surface area contributed by atoms with Crippen LogP contribution in [0.2, 0.25) is 10.0 Å². The molecule has 0 fully saturated rings. The van der Waals surface area contributed by atoms with Crippen LogP contribution in [0.5, 0.6) is 0 Å². The Bertz CT molecular complexity index is 1360. The molecule has 0 unspecified atom stereocenters. The van der Waals surface area contributed by atoms with Crippen LogP contribution in [0.4, 0.5) is 5.69 Å². The Kier molecular flexibility index (Phi) is 5.49. The minimum Gasteiger partial charge on any atom is -0.457 e. The van der Waals surface area contributed by atoms with Crippen molar-refractivity contribution in [1.29, 1.82) is 0 Å². The molecular weight excluding hydrogens is 463 g/mol. The Morgan fingerprint density at radius 2 is 1.74 bits per heavy atom. The van der Waals surface area contributed by atoms with Crippen LogP contribution in [0.15, 0.2) is 74.6 Å². The van der Waals surface area contributed by atoms with Crippen molar-refractivity contribution in [2.24, 2.45) is 5.10 Å². The first-order chi connectivity index (χ1) is 14.6. The van der Waals surface area contributed by atoms with Crippen LogP contribution in [0.25, 0.3) is 17.4 Å². The molecule has 7 nitrogen and oxygen atoms in total. The highest BCUT2D eigenvalue weighted by Crippen LogP contribution is 2.31. The molecule has 1 N–H and O–H groups in total. The van der Waals surface area contributed by atoms with E-state index in [9.17, 15) is 13.2 Å². The SMILES string of the molecule is CC1=NN(c2ccc(S(=O)(=O)O)cc2)C(=O)/C1=C/c1ccc(-c2ccc(Cl)c(Cl)c2)o1. The first kappa shape index (κ1) is 21.3. The lowest BCUT2D eigenvalue weighted by molar-refractivity contribution is -0.114. The molecule has 3 aromatic rings. The van der Waals surface area contributed by atoms with E-state index in [4.69, 9.17) is 32.2 Å². The van der Waals surface area contributed by atoms with E-state index in [0.717, 1.165) is 10.6 Å². The first-order valence-corrected chi connectivity index (χ1v) is 11.1. The molecule has 2 heterocycles. The van der Waals surface area contributed by atoms with Crippen molar-refractivity contribution in [1.82, 2.24) is 0 Å². The predicted octanol–water partition coefficient (Wildman–Crippen LogP) is 5.31. The summed E-state index contributed by atoms with van der Waals surface area (Å²) in [6, 6.07) is 13.8. The number of carbonyl (C=O) groups excluding carboxylic acids is 1. The number of hydrazone groups is 1. The van der Waals surface area contributed by atoms with E-state index >= 15 is 0 Å². The highest BCUT2D eigenvalue weighted by atomic mass is 35.5. The van der Waals surface area contributed by atoms with Crippen LogP contribution in [0.1, 0.15) is 12.7 Å². The first-order valence-electron chi connectivity index (χ1n) is 8.88. The number of nitrogens with zero attached hydrogens (tertiary/aromatic N) is 2. The average Bonchev–Trinajstić information content (AvgIpc) is 3.30. The monoisotopic (exact) mass is 476 g/mol. The van der Waals surface area contributed by atoms with E-state index < -0.39 is 16.0 Å². The number of hydrogen-bond donors (Lipinski definition) is 1. The highest BCUT2D eigenvalue weighted by Gasteiger charge is 2.29. The molecule has 0 saturated carbocycles. The van der Waals surface area contributed by atoms with Gasteiger partial charge in [0.05, 0.1) is 31.9 Å². The Morgan fingerprint density at radius 3 is 2.39 bits per heavy atom. The fraction of sp³-hybridized carbons (Fsp3) is 0.0476. The van der Waals surface area contributed by atoms with Crippen molar-refractivity contribution in [3.63, 3.8) is 0 Å². The third-order valence-corrected chi connectivity index (χ3v) is 6.17. The summed E-state index contributed by atoms with van der Waals surface area (Å²) in [5, 5.41) is 6.23. The second-order valence-corrected chi connectivity index (χ2v) is 8.90. The van der Waals surface area contributed by atoms with Crippen molar-refractivity contribution >= 4 is 56.7 Å². The van der Waals surface area contributed by atoms with Gasteiger partial charge in [-0.15, -0.1) is 0 Å². The van der Waals surface area contributed by atoms with E-state index in [1.54, 1.807) is 43.3 Å². The summed E-state index contributed by atoms with van der Waals surface area (Å²) in [6.45, 7) is 1.68. The average molecular weight is 477 g/mol. The maximum Gasteiger partial charge on any atom is 0.294 e. The van der Waals surface area contributed by atoms with Gasteiger partial charge >= 0.3 is 0 Å². The molecular formula is C21H14Cl2N2O5S.